The van der Waals surface area contributed by atoms with Gasteiger partial charge in [0.2, 0.25) is 0 Å². The van der Waals surface area contributed by atoms with Crippen LogP contribution in [0.5, 0.6) is 0 Å². The maximum absolute atomic E-state index is 11.5. The smallest absolute Gasteiger partial charge is 0.338 e. The van der Waals surface area contributed by atoms with E-state index in [2.05, 4.69) is 15.0 Å². The summed E-state index contributed by atoms with van der Waals surface area (Å²) in [5, 5.41) is 3.22. The monoisotopic (exact) mass is 271 g/mol. The van der Waals surface area contributed by atoms with Crippen molar-refractivity contribution >= 4 is 17.5 Å². The molecule has 104 valence electrons. The molecular formula is C15H17N3O2. The Kier molecular flexibility index (Phi) is 4.20. The average Bonchev–Trinajstić information content (AvgIpc) is 2.47. The zero-order valence-electron chi connectivity index (χ0n) is 11.5. The van der Waals surface area contributed by atoms with Crippen LogP contribution in [0.2, 0.25) is 0 Å². The Morgan fingerprint density at radius 3 is 2.80 bits per heavy atom. The molecule has 0 aliphatic heterocycles. The molecule has 5 nitrogen and oxygen atoms in total. The predicted octanol–water partition coefficient (Wildman–Crippen LogP) is 2.62. The van der Waals surface area contributed by atoms with Crippen molar-refractivity contribution in [2.45, 2.75) is 13.0 Å². The van der Waals surface area contributed by atoms with E-state index >= 15 is 0 Å². The number of nitrogen functional groups attached to an aromatic ring is 1. The van der Waals surface area contributed by atoms with Gasteiger partial charge in [0.05, 0.1) is 18.7 Å². The van der Waals surface area contributed by atoms with E-state index < -0.39 is 0 Å². The third-order valence-electron chi connectivity index (χ3n) is 3.01. The van der Waals surface area contributed by atoms with Crippen LogP contribution >= 0.6 is 0 Å². The summed E-state index contributed by atoms with van der Waals surface area (Å²) in [5.41, 5.74) is 8.10. The van der Waals surface area contributed by atoms with E-state index in [-0.39, 0.29) is 12.0 Å². The topological polar surface area (TPSA) is 77.2 Å². The van der Waals surface area contributed by atoms with E-state index in [1.807, 2.05) is 31.2 Å². The van der Waals surface area contributed by atoms with Crippen LogP contribution in [0, 0.1) is 0 Å². The highest BCUT2D eigenvalue weighted by atomic mass is 16.5. The highest BCUT2D eigenvalue weighted by molar-refractivity contribution is 5.90. The lowest BCUT2D eigenvalue weighted by Crippen LogP contribution is -2.11. The van der Waals surface area contributed by atoms with Gasteiger partial charge in [-0.1, -0.05) is 18.2 Å². The molecule has 5 heteroatoms. The molecule has 0 radical (unpaired) electrons. The largest absolute Gasteiger partial charge is 0.465 e. The summed E-state index contributed by atoms with van der Waals surface area (Å²) < 4.78 is 4.69. The highest BCUT2D eigenvalue weighted by Gasteiger charge is 2.11. The first-order chi connectivity index (χ1) is 9.61. The van der Waals surface area contributed by atoms with E-state index in [1.54, 1.807) is 18.3 Å². The first-order valence-electron chi connectivity index (χ1n) is 6.27. The number of methoxy groups -OCH3 is 1. The number of hydrogen-bond donors (Lipinski definition) is 2. The number of hydrogen-bond acceptors (Lipinski definition) is 5. The molecule has 1 atom stereocenters. The van der Waals surface area contributed by atoms with Crippen LogP contribution in [0.4, 0.5) is 11.5 Å². The number of anilines is 2. The van der Waals surface area contributed by atoms with Crippen molar-refractivity contribution in [2.75, 3.05) is 18.2 Å². The zero-order chi connectivity index (χ0) is 14.5. The summed E-state index contributed by atoms with van der Waals surface area (Å²) in [4.78, 5) is 15.7. The maximum Gasteiger partial charge on any atom is 0.338 e. The molecule has 0 aliphatic rings. The Hall–Kier alpha value is -2.56. The summed E-state index contributed by atoms with van der Waals surface area (Å²) in [6.07, 6.45) is 1.57. The van der Waals surface area contributed by atoms with Crippen LogP contribution in [0.3, 0.4) is 0 Å². The number of nitrogens with one attached hydrogen (secondary N) is 1. The number of ether oxygens (including phenoxy) is 1. The number of nitrogens with zero attached hydrogens (tertiary/aromatic N) is 1. The number of para-hydroxylation sites is 1. The molecule has 2 rings (SSSR count). The van der Waals surface area contributed by atoms with Gasteiger partial charge in [-0.15, -0.1) is 0 Å². The number of carbonyl (C=O) groups is 1. The fraction of sp³-hybridized carbons (Fsp3) is 0.200. The summed E-state index contributed by atoms with van der Waals surface area (Å²) >= 11 is 0. The van der Waals surface area contributed by atoms with Crippen LogP contribution in [0.25, 0.3) is 0 Å². The second-order valence-corrected chi connectivity index (χ2v) is 4.42. The molecule has 0 aliphatic carbocycles. The molecule has 20 heavy (non-hydrogen) atoms. The third-order valence-corrected chi connectivity index (χ3v) is 3.01. The van der Waals surface area contributed by atoms with Gasteiger partial charge in [-0.3, -0.25) is 0 Å². The van der Waals surface area contributed by atoms with Crippen LogP contribution in [0.1, 0.15) is 28.9 Å². The Balaban J connectivity index is 2.18. The molecule has 0 amide bonds. The van der Waals surface area contributed by atoms with Gasteiger partial charge >= 0.3 is 5.97 Å². The van der Waals surface area contributed by atoms with E-state index in [1.165, 1.54) is 7.11 Å². The van der Waals surface area contributed by atoms with E-state index in [0.717, 1.165) is 11.3 Å². The lowest BCUT2D eigenvalue weighted by atomic mass is 10.1. The SMILES string of the molecule is COC(=O)c1ccnc(NC(C)c2ccccc2N)c1. The number of carbonyl (C=O) groups excluding carboxylic acids is 1. The molecule has 0 fully saturated rings. The summed E-state index contributed by atoms with van der Waals surface area (Å²) in [6.45, 7) is 1.98. The average molecular weight is 271 g/mol. The van der Waals surface area contributed by atoms with Crippen molar-refractivity contribution in [1.29, 1.82) is 0 Å². The normalized spacial score (nSPS) is 11.7. The van der Waals surface area contributed by atoms with Crippen molar-refractivity contribution in [3.05, 3.63) is 53.7 Å². The maximum atomic E-state index is 11.5. The van der Waals surface area contributed by atoms with E-state index in [0.29, 0.717) is 11.4 Å². The number of nitrogens with two attached hydrogens (primary N) is 1. The highest BCUT2D eigenvalue weighted by Crippen LogP contribution is 2.23. The molecule has 1 unspecified atom stereocenters. The summed E-state index contributed by atoms with van der Waals surface area (Å²) in [6, 6.07) is 10.9. The minimum absolute atomic E-state index is 0.0170. The molecule has 1 heterocycles. The quantitative estimate of drug-likeness (QED) is 0.660. The Morgan fingerprint density at radius 2 is 2.10 bits per heavy atom. The molecular weight excluding hydrogens is 254 g/mol. The number of rotatable bonds is 4. The molecule has 0 bridgehead atoms. The Morgan fingerprint density at radius 1 is 1.35 bits per heavy atom. The molecule has 0 saturated heterocycles. The van der Waals surface area contributed by atoms with Crippen LogP contribution in [-0.4, -0.2) is 18.1 Å². The predicted molar refractivity (Wildman–Crippen MR) is 78.5 cm³/mol. The molecule has 0 spiro atoms. The van der Waals surface area contributed by atoms with Gasteiger partial charge in [0.25, 0.3) is 0 Å². The number of aromatic nitrogens is 1. The van der Waals surface area contributed by atoms with Gasteiger partial charge < -0.3 is 15.8 Å². The molecule has 1 aromatic carbocycles. The third kappa shape index (κ3) is 3.06. The number of esters is 1. The minimum atomic E-state index is -0.387. The Bertz CT molecular complexity index is 614. The van der Waals surface area contributed by atoms with Gasteiger partial charge in [-0.2, -0.15) is 0 Å². The summed E-state index contributed by atoms with van der Waals surface area (Å²) in [5.74, 6) is 0.214. The van der Waals surface area contributed by atoms with Crippen molar-refractivity contribution in [3.8, 4) is 0 Å². The first kappa shape index (κ1) is 13.9. The fourth-order valence-corrected chi connectivity index (χ4v) is 1.96. The standard InChI is InChI=1S/C15H17N3O2/c1-10(12-5-3-4-6-13(12)16)18-14-9-11(7-8-17-14)15(19)20-2/h3-10H,16H2,1-2H3,(H,17,18). The molecule has 2 aromatic rings. The fourth-order valence-electron chi connectivity index (χ4n) is 1.96. The van der Waals surface area contributed by atoms with Crippen LogP contribution in [-0.2, 0) is 4.74 Å². The lowest BCUT2D eigenvalue weighted by molar-refractivity contribution is 0.0600. The molecule has 3 N–H and O–H groups in total. The molecule has 0 saturated carbocycles. The number of benzene rings is 1. The second-order valence-electron chi connectivity index (χ2n) is 4.42. The van der Waals surface area contributed by atoms with Crippen LogP contribution in [0.15, 0.2) is 42.6 Å². The molecule has 1 aromatic heterocycles. The van der Waals surface area contributed by atoms with Gasteiger partial charge in [-0.05, 0) is 30.7 Å². The van der Waals surface area contributed by atoms with Crippen molar-refractivity contribution in [2.24, 2.45) is 0 Å². The van der Waals surface area contributed by atoms with Gasteiger partial charge in [0.15, 0.2) is 0 Å². The first-order valence-corrected chi connectivity index (χ1v) is 6.27. The Labute approximate surface area is 117 Å². The van der Waals surface area contributed by atoms with Gasteiger partial charge in [0, 0.05) is 11.9 Å². The van der Waals surface area contributed by atoms with E-state index in [9.17, 15) is 4.79 Å². The zero-order valence-corrected chi connectivity index (χ0v) is 11.5. The minimum Gasteiger partial charge on any atom is -0.465 e. The van der Waals surface area contributed by atoms with Crippen molar-refractivity contribution in [1.82, 2.24) is 4.98 Å². The van der Waals surface area contributed by atoms with Crippen molar-refractivity contribution < 1.29 is 9.53 Å². The second kappa shape index (κ2) is 6.06. The van der Waals surface area contributed by atoms with Crippen LogP contribution < -0.4 is 11.1 Å². The number of pyridine rings is 1. The van der Waals surface area contributed by atoms with Crippen molar-refractivity contribution in [3.63, 3.8) is 0 Å². The van der Waals surface area contributed by atoms with Gasteiger partial charge in [-0.25, -0.2) is 9.78 Å². The lowest BCUT2D eigenvalue weighted by Gasteiger charge is -2.17. The van der Waals surface area contributed by atoms with Gasteiger partial charge in [0.1, 0.15) is 5.82 Å². The van der Waals surface area contributed by atoms with E-state index in [4.69, 9.17) is 5.73 Å². The summed E-state index contributed by atoms with van der Waals surface area (Å²) in [7, 11) is 1.35.